The first-order valence-electron chi connectivity index (χ1n) is 7.38. The van der Waals surface area contributed by atoms with Crippen LogP contribution in [0.5, 0.6) is 0 Å². The minimum atomic E-state index is -4.35. The number of anilines is 2. The maximum absolute atomic E-state index is 13.7. The Morgan fingerprint density at radius 1 is 1.12 bits per heavy atom. The van der Waals surface area contributed by atoms with Crippen LogP contribution in [0.15, 0.2) is 41.3 Å². The molecule has 1 aliphatic rings. The van der Waals surface area contributed by atoms with Crippen molar-refractivity contribution in [3.05, 3.63) is 53.1 Å². The van der Waals surface area contributed by atoms with Gasteiger partial charge in [0, 0.05) is 12.6 Å². The molecule has 1 aliphatic heterocycles. The van der Waals surface area contributed by atoms with Crippen LogP contribution in [-0.2, 0) is 20.0 Å². The van der Waals surface area contributed by atoms with E-state index in [4.69, 9.17) is 11.6 Å². The molecule has 3 rings (SSSR count). The second-order valence-corrected chi connectivity index (χ2v) is 9.66. The maximum atomic E-state index is 13.7. The van der Waals surface area contributed by atoms with E-state index < -0.39 is 36.6 Å². The number of benzene rings is 2. The largest absolute Gasteiger partial charge is 0.278 e. The van der Waals surface area contributed by atoms with Crippen molar-refractivity contribution in [2.24, 2.45) is 0 Å². The zero-order valence-electron chi connectivity index (χ0n) is 13.1. The van der Waals surface area contributed by atoms with E-state index in [1.54, 1.807) is 0 Å². The third-order valence-corrected chi connectivity index (χ3v) is 7.35. The van der Waals surface area contributed by atoms with Crippen LogP contribution in [0.1, 0.15) is 6.42 Å². The molecule has 11 heteroatoms. The summed E-state index contributed by atoms with van der Waals surface area (Å²) in [5.41, 5.74) is 0.249. The quantitative estimate of drug-likeness (QED) is 0.821. The van der Waals surface area contributed by atoms with E-state index in [9.17, 15) is 25.6 Å². The number of hydrogen-bond donors (Lipinski definition) is 1. The van der Waals surface area contributed by atoms with Crippen LogP contribution in [0.4, 0.5) is 20.2 Å². The summed E-state index contributed by atoms with van der Waals surface area (Å²) in [5.74, 6) is -2.12. The van der Waals surface area contributed by atoms with Crippen LogP contribution in [0.25, 0.3) is 0 Å². The molecule has 1 fully saturated rings. The van der Waals surface area contributed by atoms with Gasteiger partial charge in [-0.15, -0.1) is 0 Å². The van der Waals surface area contributed by atoms with E-state index in [1.165, 1.54) is 22.5 Å². The first kappa shape index (κ1) is 18.9. The molecular weight excluding hydrogens is 410 g/mol. The van der Waals surface area contributed by atoms with E-state index in [0.29, 0.717) is 24.7 Å². The number of sulfonamides is 2. The van der Waals surface area contributed by atoms with Crippen LogP contribution in [0, 0.1) is 11.6 Å². The lowest BCUT2D eigenvalue weighted by Gasteiger charge is -2.18. The third-order valence-electron chi connectivity index (χ3n) is 3.77. The van der Waals surface area contributed by atoms with Crippen LogP contribution in [0.2, 0.25) is 5.02 Å². The Morgan fingerprint density at radius 3 is 2.42 bits per heavy atom. The van der Waals surface area contributed by atoms with E-state index in [2.05, 4.69) is 4.72 Å². The van der Waals surface area contributed by atoms with Crippen molar-refractivity contribution in [2.45, 2.75) is 11.3 Å². The number of halogens is 3. The lowest BCUT2D eigenvalue weighted by atomic mass is 10.3. The van der Waals surface area contributed by atoms with Gasteiger partial charge in [-0.2, -0.15) is 0 Å². The molecule has 0 saturated carbocycles. The normalized spacial score (nSPS) is 16.7. The second kappa shape index (κ2) is 6.67. The highest BCUT2D eigenvalue weighted by Gasteiger charge is 2.29. The van der Waals surface area contributed by atoms with Crippen molar-refractivity contribution in [1.82, 2.24) is 0 Å². The number of hydrogen-bond acceptors (Lipinski definition) is 4. The van der Waals surface area contributed by atoms with Crippen molar-refractivity contribution >= 4 is 43.0 Å². The van der Waals surface area contributed by atoms with Crippen molar-refractivity contribution in [3.63, 3.8) is 0 Å². The van der Waals surface area contributed by atoms with Gasteiger partial charge in [0.2, 0.25) is 10.0 Å². The SMILES string of the molecule is O=S(=O)(Nc1ccc(N2CCCS2(=O)=O)cc1Cl)c1ccc(F)cc1F. The van der Waals surface area contributed by atoms with Gasteiger partial charge in [-0.05, 0) is 36.8 Å². The van der Waals surface area contributed by atoms with Gasteiger partial charge in [-0.3, -0.25) is 9.03 Å². The minimum absolute atomic E-state index is 0.0306. The van der Waals surface area contributed by atoms with E-state index in [-0.39, 0.29) is 16.5 Å². The molecule has 0 unspecified atom stereocenters. The molecule has 0 bridgehead atoms. The van der Waals surface area contributed by atoms with Gasteiger partial charge in [0.25, 0.3) is 10.0 Å². The Hall–Kier alpha value is -1.91. The Bertz CT molecular complexity index is 1080. The lowest BCUT2D eigenvalue weighted by Crippen LogP contribution is -2.25. The third kappa shape index (κ3) is 3.62. The molecular formula is C15H13ClF2N2O4S2. The van der Waals surface area contributed by atoms with Crippen LogP contribution >= 0.6 is 11.6 Å². The highest BCUT2D eigenvalue weighted by molar-refractivity contribution is 7.93. The van der Waals surface area contributed by atoms with Gasteiger partial charge in [0.15, 0.2) is 0 Å². The van der Waals surface area contributed by atoms with Gasteiger partial charge in [0.05, 0.1) is 22.2 Å². The maximum Gasteiger partial charge on any atom is 0.264 e. The summed E-state index contributed by atoms with van der Waals surface area (Å²) in [5, 5.41) is -0.0595. The van der Waals surface area contributed by atoms with Crippen molar-refractivity contribution in [1.29, 1.82) is 0 Å². The fraction of sp³-hybridized carbons (Fsp3) is 0.200. The summed E-state index contributed by atoms with van der Waals surface area (Å²) >= 11 is 6.06. The van der Waals surface area contributed by atoms with Crippen molar-refractivity contribution in [3.8, 4) is 0 Å². The monoisotopic (exact) mass is 422 g/mol. The zero-order chi connectivity index (χ0) is 19.1. The highest BCUT2D eigenvalue weighted by Crippen LogP contribution is 2.32. The minimum Gasteiger partial charge on any atom is -0.278 e. The van der Waals surface area contributed by atoms with Gasteiger partial charge in [0.1, 0.15) is 16.5 Å². The summed E-state index contributed by atoms with van der Waals surface area (Å²) in [6, 6.07) is 6.06. The van der Waals surface area contributed by atoms with Crippen LogP contribution in [0.3, 0.4) is 0 Å². The topological polar surface area (TPSA) is 83.6 Å². The molecule has 0 radical (unpaired) electrons. The molecule has 6 nitrogen and oxygen atoms in total. The van der Waals surface area contributed by atoms with E-state index >= 15 is 0 Å². The first-order chi connectivity index (χ1) is 12.1. The Labute approximate surface area is 154 Å². The molecule has 0 atom stereocenters. The van der Waals surface area contributed by atoms with Gasteiger partial charge < -0.3 is 0 Å². The second-order valence-electron chi connectivity index (χ2n) is 5.59. The Morgan fingerprint density at radius 2 is 1.85 bits per heavy atom. The summed E-state index contributed by atoms with van der Waals surface area (Å²) in [7, 11) is -7.75. The average Bonchev–Trinajstić information content (AvgIpc) is 2.88. The molecule has 0 spiro atoms. The predicted octanol–water partition coefficient (Wildman–Crippen LogP) is 2.96. The smallest absolute Gasteiger partial charge is 0.264 e. The average molecular weight is 423 g/mol. The molecule has 0 aliphatic carbocycles. The summed E-state index contributed by atoms with van der Waals surface area (Å²) in [6.07, 6.45) is 0.484. The lowest BCUT2D eigenvalue weighted by molar-refractivity contribution is 0.551. The van der Waals surface area contributed by atoms with Crippen LogP contribution < -0.4 is 9.03 Å². The van der Waals surface area contributed by atoms with Gasteiger partial charge >= 0.3 is 0 Å². The van der Waals surface area contributed by atoms with E-state index in [0.717, 1.165) is 12.1 Å². The molecule has 1 N–H and O–H groups in total. The van der Waals surface area contributed by atoms with Gasteiger partial charge in [-0.25, -0.2) is 25.6 Å². The number of nitrogens with zero attached hydrogens (tertiary/aromatic N) is 1. The molecule has 26 heavy (non-hydrogen) atoms. The molecule has 140 valence electrons. The first-order valence-corrected chi connectivity index (χ1v) is 10.8. The Balaban J connectivity index is 1.91. The summed E-state index contributed by atoms with van der Waals surface area (Å²) in [4.78, 5) is -0.735. The standard InChI is InChI=1S/C15H13ClF2N2O4S2/c16-12-9-11(20-6-1-7-25(20,21)22)3-4-14(12)19-26(23,24)15-5-2-10(17)8-13(15)18/h2-5,8-9,19H,1,6-7H2. The predicted molar refractivity (Wildman–Crippen MR) is 94.4 cm³/mol. The van der Waals surface area contributed by atoms with Crippen molar-refractivity contribution in [2.75, 3.05) is 21.3 Å². The highest BCUT2D eigenvalue weighted by atomic mass is 35.5. The molecule has 2 aromatic carbocycles. The molecule has 2 aromatic rings. The fourth-order valence-electron chi connectivity index (χ4n) is 2.56. The van der Waals surface area contributed by atoms with Gasteiger partial charge in [-0.1, -0.05) is 11.6 Å². The molecule has 1 heterocycles. The zero-order valence-corrected chi connectivity index (χ0v) is 15.5. The number of nitrogens with one attached hydrogen (secondary N) is 1. The molecule has 0 amide bonds. The summed E-state index contributed by atoms with van der Waals surface area (Å²) in [6.45, 7) is 0.310. The Kier molecular flexibility index (Phi) is 4.84. The fourth-order valence-corrected chi connectivity index (χ4v) is 5.54. The van der Waals surface area contributed by atoms with Crippen molar-refractivity contribution < 1.29 is 25.6 Å². The van der Waals surface area contributed by atoms with E-state index in [1.807, 2.05) is 0 Å². The summed E-state index contributed by atoms with van der Waals surface area (Å²) < 4.78 is 78.4. The number of rotatable bonds is 4. The van der Waals surface area contributed by atoms with Crippen LogP contribution in [-0.4, -0.2) is 29.1 Å². The molecule has 0 aromatic heterocycles. The molecule has 1 saturated heterocycles.